The zero-order valence-corrected chi connectivity index (χ0v) is 10.9. The molecule has 0 bridgehead atoms. The van der Waals surface area contributed by atoms with Crippen molar-refractivity contribution in [3.05, 3.63) is 34.4 Å². The monoisotopic (exact) mass is 274 g/mol. The van der Waals surface area contributed by atoms with Crippen LogP contribution in [0.15, 0.2) is 24.3 Å². The van der Waals surface area contributed by atoms with Gasteiger partial charge in [-0.3, -0.25) is 10.1 Å². The van der Waals surface area contributed by atoms with Crippen LogP contribution >= 0.6 is 12.4 Å². The molecule has 0 aliphatic carbocycles. The van der Waals surface area contributed by atoms with Crippen LogP contribution < -0.4 is 5.32 Å². The lowest BCUT2D eigenvalue weighted by molar-refractivity contribution is -0.384. The minimum atomic E-state index is -0.489. The minimum absolute atomic E-state index is 0. The molecule has 1 aromatic carbocycles. The number of carbonyl (C=O) groups is 1. The van der Waals surface area contributed by atoms with E-state index in [1.54, 1.807) is 26.0 Å². The Labute approximate surface area is 111 Å². The number of benzene rings is 1. The van der Waals surface area contributed by atoms with Crippen LogP contribution in [-0.4, -0.2) is 23.5 Å². The average molecular weight is 275 g/mol. The van der Waals surface area contributed by atoms with Gasteiger partial charge in [-0.25, -0.2) is 4.79 Å². The molecule has 1 rings (SSSR count). The number of non-ortho nitro benzene ring substituents is 1. The molecular weight excluding hydrogens is 260 g/mol. The first-order chi connectivity index (χ1) is 8.04. The van der Waals surface area contributed by atoms with Crippen molar-refractivity contribution in [1.29, 1.82) is 0 Å². The molecule has 0 radical (unpaired) electrons. The number of rotatable bonds is 5. The zero-order chi connectivity index (χ0) is 12.8. The van der Waals surface area contributed by atoms with Gasteiger partial charge in [0.25, 0.3) is 5.69 Å². The summed E-state index contributed by atoms with van der Waals surface area (Å²) in [6.45, 7) is 3.72. The van der Waals surface area contributed by atoms with Crippen LogP contribution in [0.5, 0.6) is 0 Å². The van der Waals surface area contributed by atoms with Crippen molar-refractivity contribution in [2.45, 2.75) is 19.9 Å². The molecule has 0 amide bonds. The predicted molar refractivity (Wildman–Crippen MR) is 70.1 cm³/mol. The van der Waals surface area contributed by atoms with Gasteiger partial charge in [0.1, 0.15) is 6.04 Å². The number of nitrogens with zero attached hydrogens (tertiary/aromatic N) is 1. The molecular formula is C11H15ClN2O4. The van der Waals surface area contributed by atoms with E-state index in [0.29, 0.717) is 12.3 Å². The average Bonchev–Trinajstić information content (AvgIpc) is 2.30. The summed E-state index contributed by atoms with van der Waals surface area (Å²) in [5.41, 5.74) is 0.649. The molecule has 0 aliphatic heterocycles. The Balaban J connectivity index is 0.00000289. The third-order valence-electron chi connectivity index (χ3n) is 2.10. The van der Waals surface area contributed by atoms with Gasteiger partial charge in [-0.05, 0) is 26.0 Å². The Hall–Kier alpha value is -1.82. The highest BCUT2D eigenvalue weighted by molar-refractivity contribution is 5.85. The summed E-state index contributed by atoms with van der Waals surface area (Å²) in [7, 11) is 0. The first-order valence-corrected chi connectivity index (χ1v) is 5.22. The van der Waals surface area contributed by atoms with E-state index < -0.39 is 11.0 Å². The van der Waals surface area contributed by atoms with E-state index in [1.165, 1.54) is 12.1 Å². The van der Waals surface area contributed by atoms with Gasteiger partial charge in [0.05, 0.1) is 11.5 Å². The number of nitro benzene ring substituents is 1. The van der Waals surface area contributed by atoms with E-state index >= 15 is 0 Å². The molecule has 0 saturated carbocycles. The van der Waals surface area contributed by atoms with Crippen molar-refractivity contribution < 1.29 is 14.5 Å². The first-order valence-electron chi connectivity index (χ1n) is 5.22. The predicted octanol–water partition coefficient (Wildman–Crippen LogP) is 2.38. The maximum atomic E-state index is 11.3. The molecule has 7 heteroatoms. The van der Waals surface area contributed by atoms with Gasteiger partial charge < -0.3 is 10.1 Å². The summed E-state index contributed by atoms with van der Waals surface area (Å²) >= 11 is 0. The smallest absolute Gasteiger partial charge is 0.328 e. The summed E-state index contributed by atoms with van der Waals surface area (Å²) in [5.74, 6) is -0.356. The topological polar surface area (TPSA) is 81.5 Å². The van der Waals surface area contributed by atoms with Crippen LogP contribution in [-0.2, 0) is 9.53 Å². The van der Waals surface area contributed by atoms with Crippen molar-refractivity contribution in [3.63, 3.8) is 0 Å². The van der Waals surface area contributed by atoms with Gasteiger partial charge in [0.2, 0.25) is 0 Å². The third-order valence-corrected chi connectivity index (χ3v) is 2.10. The normalized spacial score (nSPS) is 11.0. The van der Waals surface area contributed by atoms with E-state index in [4.69, 9.17) is 4.74 Å². The van der Waals surface area contributed by atoms with E-state index in [-0.39, 0.29) is 24.1 Å². The van der Waals surface area contributed by atoms with Gasteiger partial charge in [0, 0.05) is 17.8 Å². The zero-order valence-electron chi connectivity index (χ0n) is 10.1. The summed E-state index contributed by atoms with van der Waals surface area (Å²) in [4.78, 5) is 21.3. The molecule has 0 fully saturated rings. The number of carbonyl (C=O) groups excluding carboxylic acids is 1. The Morgan fingerprint density at radius 1 is 1.44 bits per heavy atom. The molecule has 100 valence electrons. The van der Waals surface area contributed by atoms with E-state index in [9.17, 15) is 14.9 Å². The molecule has 1 aromatic rings. The molecule has 0 aliphatic rings. The Morgan fingerprint density at radius 3 is 2.44 bits per heavy atom. The maximum absolute atomic E-state index is 11.3. The molecule has 0 heterocycles. The number of hydrogen-bond acceptors (Lipinski definition) is 5. The molecule has 18 heavy (non-hydrogen) atoms. The maximum Gasteiger partial charge on any atom is 0.328 e. The molecule has 0 aromatic heterocycles. The lowest BCUT2D eigenvalue weighted by Gasteiger charge is -2.13. The van der Waals surface area contributed by atoms with Gasteiger partial charge in [0.15, 0.2) is 0 Å². The Bertz CT molecular complexity index is 408. The van der Waals surface area contributed by atoms with Crippen molar-refractivity contribution >= 4 is 29.8 Å². The first kappa shape index (κ1) is 16.2. The fraction of sp³-hybridized carbons (Fsp3) is 0.364. The van der Waals surface area contributed by atoms with E-state index in [1.807, 2.05) is 0 Å². The van der Waals surface area contributed by atoms with Crippen molar-refractivity contribution in [3.8, 4) is 0 Å². The lowest BCUT2D eigenvalue weighted by Crippen LogP contribution is -2.28. The summed E-state index contributed by atoms with van der Waals surface area (Å²) in [6, 6.07) is 5.36. The van der Waals surface area contributed by atoms with Gasteiger partial charge in [-0.1, -0.05) is 0 Å². The van der Waals surface area contributed by atoms with Crippen molar-refractivity contribution in [1.82, 2.24) is 0 Å². The van der Waals surface area contributed by atoms with Crippen LogP contribution in [0.2, 0.25) is 0 Å². The number of esters is 1. The number of nitrogens with one attached hydrogen (secondary N) is 1. The van der Waals surface area contributed by atoms with Crippen molar-refractivity contribution in [2.75, 3.05) is 11.9 Å². The lowest BCUT2D eigenvalue weighted by atomic mass is 10.2. The minimum Gasteiger partial charge on any atom is -0.464 e. The molecule has 6 nitrogen and oxygen atoms in total. The standard InChI is InChI=1S/C11H14N2O4.ClH/c1-3-17-11(14)8(2)12-9-4-6-10(7-5-9)13(15)16;/h4-8,12H,3H2,1-2H3;1H. The van der Waals surface area contributed by atoms with Gasteiger partial charge >= 0.3 is 5.97 Å². The highest BCUT2D eigenvalue weighted by atomic mass is 35.5. The van der Waals surface area contributed by atoms with Gasteiger partial charge in [-0.2, -0.15) is 0 Å². The fourth-order valence-corrected chi connectivity index (χ4v) is 1.26. The number of halogens is 1. The van der Waals surface area contributed by atoms with Gasteiger partial charge in [-0.15, -0.1) is 12.4 Å². The van der Waals surface area contributed by atoms with Crippen LogP contribution in [0.1, 0.15) is 13.8 Å². The molecule has 1 unspecified atom stereocenters. The highest BCUT2D eigenvalue weighted by Crippen LogP contribution is 2.16. The van der Waals surface area contributed by atoms with E-state index in [2.05, 4.69) is 5.32 Å². The summed E-state index contributed by atoms with van der Waals surface area (Å²) in [6.07, 6.45) is 0. The highest BCUT2D eigenvalue weighted by Gasteiger charge is 2.13. The second-order valence-corrected chi connectivity index (χ2v) is 3.42. The second kappa shape index (κ2) is 7.50. The number of ether oxygens (including phenoxy) is 1. The van der Waals surface area contributed by atoms with E-state index in [0.717, 1.165) is 0 Å². The summed E-state index contributed by atoms with van der Waals surface area (Å²) < 4.78 is 4.83. The molecule has 0 saturated heterocycles. The van der Waals surface area contributed by atoms with Crippen LogP contribution in [0.25, 0.3) is 0 Å². The summed E-state index contributed by atoms with van der Waals surface area (Å²) in [5, 5.41) is 13.3. The second-order valence-electron chi connectivity index (χ2n) is 3.42. The molecule has 1 N–H and O–H groups in total. The largest absolute Gasteiger partial charge is 0.464 e. The molecule has 1 atom stereocenters. The number of nitro groups is 1. The quantitative estimate of drug-likeness (QED) is 0.506. The Morgan fingerprint density at radius 2 is 2.00 bits per heavy atom. The third kappa shape index (κ3) is 4.58. The SMILES string of the molecule is CCOC(=O)C(C)Nc1ccc([N+](=O)[O-])cc1.Cl. The Kier molecular flexibility index (Phi) is 6.74. The van der Waals surface area contributed by atoms with Crippen molar-refractivity contribution in [2.24, 2.45) is 0 Å². The van der Waals surface area contributed by atoms with Crippen LogP contribution in [0.4, 0.5) is 11.4 Å². The van der Waals surface area contributed by atoms with Crippen LogP contribution in [0, 0.1) is 10.1 Å². The van der Waals surface area contributed by atoms with Crippen LogP contribution in [0.3, 0.4) is 0 Å². The fourth-order valence-electron chi connectivity index (χ4n) is 1.26. The molecule has 0 spiro atoms. The number of anilines is 1. The number of hydrogen-bond donors (Lipinski definition) is 1.